The fourth-order valence-corrected chi connectivity index (χ4v) is 2.05. The highest BCUT2D eigenvalue weighted by atomic mass is 16.5. The van der Waals surface area contributed by atoms with E-state index in [2.05, 4.69) is 16.7 Å². The van der Waals surface area contributed by atoms with Crippen molar-refractivity contribution in [2.75, 3.05) is 59.0 Å². The maximum Gasteiger partial charge on any atom is 0.0593 e. The summed E-state index contributed by atoms with van der Waals surface area (Å²) >= 11 is 0. The van der Waals surface area contributed by atoms with E-state index in [4.69, 9.17) is 10.5 Å². The minimum Gasteiger partial charge on any atom is -0.380 e. The van der Waals surface area contributed by atoms with E-state index in [9.17, 15) is 0 Å². The average molecular weight is 229 g/mol. The van der Waals surface area contributed by atoms with Gasteiger partial charge in [-0.25, -0.2) is 0 Å². The Balaban J connectivity index is 2.08. The monoisotopic (exact) mass is 229 g/mol. The van der Waals surface area contributed by atoms with Gasteiger partial charge in [0.1, 0.15) is 0 Å². The molecule has 0 aromatic rings. The molecule has 0 aliphatic carbocycles. The molecule has 96 valence electrons. The minimum absolute atomic E-state index is 0.620. The molecular formula is C12H27N3O. The molecule has 1 fully saturated rings. The molecule has 1 unspecified atom stereocenters. The van der Waals surface area contributed by atoms with Gasteiger partial charge in [0.25, 0.3) is 0 Å². The zero-order chi connectivity index (χ0) is 11.8. The number of rotatable bonds is 7. The molecule has 0 radical (unpaired) electrons. The molecule has 0 aromatic heterocycles. The van der Waals surface area contributed by atoms with Gasteiger partial charge in [-0.15, -0.1) is 0 Å². The molecule has 1 rings (SSSR count). The van der Waals surface area contributed by atoms with Crippen LogP contribution in [0.4, 0.5) is 0 Å². The lowest BCUT2D eigenvalue weighted by Crippen LogP contribution is -2.48. The first-order chi connectivity index (χ1) is 7.76. The Bertz CT molecular complexity index is 170. The van der Waals surface area contributed by atoms with E-state index in [1.54, 1.807) is 0 Å². The van der Waals surface area contributed by atoms with E-state index < -0.39 is 0 Å². The third-order valence-corrected chi connectivity index (χ3v) is 3.19. The number of nitrogens with two attached hydrogens (primary N) is 1. The van der Waals surface area contributed by atoms with E-state index >= 15 is 0 Å². The topological polar surface area (TPSA) is 41.7 Å². The molecule has 0 spiro atoms. The van der Waals surface area contributed by atoms with Crippen molar-refractivity contribution < 1.29 is 4.74 Å². The first kappa shape index (κ1) is 13.9. The first-order valence-electron chi connectivity index (χ1n) is 6.48. The van der Waals surface area contributed by atoms with Gasteiger partial charge in [-0.1, -0.05) is 6.92 Å². The first-order valence-corrected chi connectivity index (χ1v) is 6.48. The van der Waals surface area contributed by atoms with Crippen molar-refractivity contribution in [3.05, 3.63) is 0 Å². The third kappa shape index (κ3) is 5.25. The van der Waals surface area contributed by atoms with Crippen LogP contribution in [0.25, 0.3) is 0 Å². The van der Waals surface area contributed by atoms with Crippen molar-refractivity contribution in [3.8, 4) is 0 Å². The standard InChI is InChI=1S/C12H27N3O/c1-3-16-9-8-14-4-6-15(7-5-14)11-12(2)10-13/h12H,3-11,13H2,1-2H3. The number of hydrogen-bond donors (Lipinski definition) is 1. The Morgan fingerprint density at radius 3 is 2.38 bits per heavy atom. The van der Waals surface area contributed by atoms with Crippen LogP contribution in [0.15, 0.2) is 0 Å². The van der Waals surface area contributed by atoms with E-state index in [1.807, 2.05) is 6.92 Å². The Morgan fingerprint density at radius 2 is 1.81 bits per heavy atom. The molecule has 0 bridgehead atoms. The molecule has 4 nitrogen and oxygen atoms in total. The van der Waals surface area contributed by atoms with Crippen LogP contribution in [-0.4, -0.2) is 68.8 Å². The van der Waals surface area contributed by atoms with Crippen molar-refractivity contribution in [2.45, 2.75) is 13.8 Å². The second-order valence-corrected chi connectivity index (χ2v) is 4.68. The zero-order valence-corrected chi connectivity index (χ0v) is 10.8. The predicted octanol–water partition coefficient (Wildman–Crippen LogP) is 0.235. The van der Waals surface area contributed by atoms with Crippen LogP contribution in [-0.2, 0) is 4.74 Å². The summed E-state index contributed by atoms with van der Waals surface area (Å²) in [6, 6.07) is 0. The molecular weight excluding hydrogens is 202 g/mol. The Labute approximate surface area is 99.7 Å². The summed E-state index contributed by atoms with van der Waals surface area (Å²) in [5.74, 6) is 0.620. The van der Waals surface area contributed by atoms with E-state index in [-0.39, 0.29) is 0 Å². The smallest absolute Gasteiger partial charge is 0.0593 e. The van der Waals surface area contributed by atoms with Gasteiger partial charge in [-0.2, -0.15) is 0 Å². The third-order valence-electron chi connectivity index (χ3n) is 3.19. The van der Waals surface area contributed by atoms with Crippen molar-refractivity contribution in [1.82, 2.24) is 9.80 Å². The second-order valence-electron chi connectivity index (χ2n) is 4.68. The maximum atomic E-state index is 5.64. The lowest BCUT2D eigenvalue weighted by Gasteiger charge is -2.35. The van der Waals surface area contributed by atoms with Gasteiger partial charge in [0.05, 0.1) is 6.61 Å². The maximum absolute atomic E-state index is 5.64. The summed E-state index contributed by atoms with van der Waals surface area (Å²) in [5.41, 5.74) is 5.64. The average Bonchev–Trinajstić information content (AvgIpc) is 2.31. The number of ether oxygens (including phenoxy) is 1. The van der Waals surface area contributed by atoms with Crippen molar-refractivity contribution in [2.24, 2.45) is 11.7 Å². The second kappa shape index (κ2) is 8.01. The van der Waals surface area contributed by atoms with Gasteiger partial charge < -0.3 is 15.4 Å². The molecule has 1 aliphatic rings. The summed E-state index contributed by atoms with van der Waals surface area (Å²) in [7, 11) is 0. The molecule has 1 heterocycles. The number of piperazine rings is 1. The molecule has 0 aromatic carbocycles. The van der Waals surface area contributed by atoms with Crippen molar-refractivity contribution in [1.29, 1.82) is 0 Å². The highest BCUT2D eigenvalue weighted by Crippen LogP contribution is 2.04. The molecule has 4 heteroatoms. The normalized spacial score (nSPS) is 21.2. The molecule has 0 saturated carbocycles. The van der Waals surface area contributed by atoms with Gasteiger partial charge in [0.2, 0.25) is 0 Å². The highest BCUT2D eigenvalue weighted by Gasteiger charge is 2.17. The summed E-state index contributed by atoms with van der Waals surface area (Å²) in [4.78, 5) is 5.01. The lowest BCUT2D eigenvalue weighted by atomic mass is 10.1. The van der Waals surface area contributed by atoms with E-state index in [0.29, 0.717) is 5.92 Å². The predicted molar refractivity (Wildman–Crippen MR) is 67.6 cm³/mol. The molecule has 0 amide bonds. The van der Waals surface area contributed by atoms with Gasteiger partial charge in [0, 0.05) is 45.9 Å². The molecule has 16 heavy (non-hydrogen) atoms. The number of nitrogens with zero attached hydrogens (tertiary/aromatic N) is 2. The summed E-state index contributed by atoms with van der Waals surface area (Å²) < 4.78 is 5.37. The molecule has 2 N–H and O–H groups in total. The Kier molecular flexibility index (Phi) is 6.96. The highest BCUT2D eigenvalue weighted by molar-refractivity contribution is 4.73. The number of hydrogen-bond acceptors (Lipinski definition) is 4. The lowest BCUT2D eigenvalue weighted by molar-refractivity contribution is 0.0767. The Morgan fingerprint density at radius 1 is 1.19 bits per heavy atom. The fraction of sp³-hybridized carbons (Fsp3) is 1.00. The van der Waals surface area contributed by atoms with Crippen LogP contribution >= 0.6 is 0 Å². The van der Waals surface area contributed by atoms with Crippen LogP contribution in [0.5, 0.6) is 0 Å². The van der Waals surface area contributed by atoms with Crippen LogP contribution in [0.3, 0.4) is 0 Å². The quantitative estimate of drug-likeness (QED) is 0.635. The van der Waals surface area contributed by atoms with Gasteiger partial charge >= 0.3 is 0 Å². The van der Waals surface area contributed by atoms with E-state index in [1.165, 1.54) is 26.2 Å². The van der Waals surface area contributed by atoms with E-state index in [0.717, 1.165) is 32.8 Å². The van der Waals surface area contributed by atoms with Gasteiger partial charge in [-0.05, 0) is 19.4 Å². The molecule has 1 atom stereocenters. The van der Waals surface area contributed by atoms with Crippen molar-refractivity contribution in [3.63, 3.8) is 0 Å². The van der Waals surface area contributed by atoms with Gasteiger partial charge in [0.15, 0.2) is 0 Å². The van der Waals surface area contributed by atoms with Gasteiger partial charge in [-0.3, -0.25) is 4.90 Å². The molecule has 1 saturated heterocycles. The van der Waals surface area contributed by atoms with Crippen LogP contribution in [0, 0.1) is 5.92 Å². The fourth-order valence-electron chi connectivity index (χ4n) is 2.05. The minimum atomic E-state index is 0.620. The summed E-state index contributed by atoms with van der Waals surface area (Å²) in [6.45, 7) is 13.7. The van der Waals surface area contributed by atoms with Crippen molar-refractivity contribution >= 4 is 0 Å². The Hall–Kier alpha value is -0.160. The molecule has 1 aliphatic heterocycles. The van der Waals surface area contributed by atoms with Crippen LogP contribution in [0.1, 0.15) is 13.8 Å². The van der Waals surface area contributed by atoms with Crippen LogP contribution < -0.4 is 5.73 Å². The summed E-state index contributed by atoms with van der Waals surface area (Å²) in [6.07, 6.45) is 0. The zero-order valence-electron chi connectivity index (χ0n) is 10.8. The largest absolute Gasteiger partial charge is 0.380 e. The summed E-state index contributed by atoms with van der Waals surface area (Å²) in [5, 5.41) is 0. The SMILES string of the molecule is CCOCCN1CCN(CC(C)CN)CC1. The van der Waals surface area contributed by atoms with Crippen LogP contribution in [0.2, 0.25) is 0 Å².